The number of carbonyl (C=O) groups excluding carboxylic acids is 2. The van der Waals surface area contributed by atoms with Crippen LogP contribution in [0.4, 0.5) is 11.4 Å². The molecule has 0 unspecified atom stereocenters. The Hall–Kier alpha value is -2.82. The predicted molar refractivity (Wildman–Crippen MR) is 105 cm³/mol. The van der Waals surface area contributed by atoms with Crippen molar-refractivity contribution in [3.8, 4) is 0 Å². The Labute approximate surface area is 160 Å². The first-order valence-electron chi connectivity index (χ1n) is 7.76. The molecule has 2 N–H and O–H groups in total. The van der Waals surface area contributed by atoms with E-state index in [-0.39, 0.29) is 16.8 Å². The molecule has 0 aliphatic carbocycles. The van der Waals surface area contributed by atoms with Crippen LogP contribution in [0.1, 0.15) is 20.7 Å². The van der Waals surface area contributed by atoms with Crippen LogP contribution in [0.2, 0.25) is 10.0 Å². The van der Waals surface area contributed by atoms with Gasteiger partial charge in [0.25, 0.3) is 11.8 Å². The molecule has 26 heavy (non-hydrogen) atoms. The van der Waals surface area contributed by atoms with Gasteiger partial charge in [0, 0.05) is 16.8 Å². The number of hydrogen-bond acceptors (Lipinski definition) is 2. The minimum absolute atomic E-state index is 0.249. The van der Waals surface area contributed by atoms with Crippen molar-refractivity contribution in [2.75, 3.05) is 10.6 Å². The summed E-state index contributed by atoms with van der Waals surface area (Å²) < 4.78 is 0. The molecule has 0 heterocycles. The summed E-state index contributed by atoms with van der Waals surface area (Å²) in [5.41, 5.74) is 1.85. The van der Waals surface area contributed by atoms with Crippen LogP contribution in [0, 0.1) is 0 Å². The highest BCUT2D eigenvalue weighted by atomic mass is 35.5. The van der Waals surface area contributed by atoms with E-state index >= 15 is 0 Å². The first-order chi connectivity index (χ1) is 12.5. The van der Waals surface area contributed by atoms with Crippen LogP contribution in [0.25, 0.3) is 0 Å². The summed E-state index contributed by atoms with van der Waals surface area (Å²) in [4.78, 5) is 24.7. The summed E-state index contributed by atoms with van der Waals surface area (Å²) in [5.74, 6) is -0.606. The molecule has 0 saturated heterocycles. The lowest BCUT2D eigenvalue weighted by atomic mass is 10.1. The van der Waals surface area contributed by atoms with Gasteiger partial charge in [-0.3, -0.25) is 9.59 Å². The Balaban J connectivity index is 1.75. The summed E-state index contributed by atoms with van der Waals surface area (Å²) in [7, 11) is 0. The van der Waals surface area contributed by atoms with E-state index in [0.29, 0.717) is 27.5 Å². The monoisotopic (exact) mass is 384 g/mol. The minimum Gasteiger partial charge on any atom is -0.322 e. The predicted octanol–water partition coefficient (Wildman–Crippen LogP) is 5.50. The molecule has 0 spiro atoms. The molecule has 6 heteroatoms. The summed E-state index contributed by atoms with van der Waals surface area (Å²) in [5, 5.41) is 6.11. The second kappa shape index (κ2) is 8.04. The van der Waals surface area contributed by atoms with Crippen LogP contribution in [0.3, 0.4) is 0 Å². The first kappa shape index (κ1) is 18.0. The lowest BCUT2D eigenvalue weighted by molar-refractivity contribution is 0.101. The van der Waals surface area contributed by atoms with E-state index in [1.807, 2.05) is 6.07 Å². The molecule has 0 aliphatic rings. The van der Waals surface area contributed by atoms with E-state index in [4.69, 9.17) is 23.2 Å². The SMILES string of the molecule is O=C(Nc1cccc(C(=O)Nc2cccc(Cl)c2Cl)c1)c1ccccc1. The van der Waals surface area contributed by atoms with Gasteiger partial charge in [0.2, 0.25) is 0 Å². The van der Waals surface area contributed by atoms with E-state index in [9.17, 15) is 9.59 Å². The lowest BCUT2D eigenvalue weighted by Gasteiger charge is -2.10. The molecule has 2 amide bonds. The van der Waals surface area contributed by atoms with Crippen molar-refractivity contribution in [2.24, 2.45) is 0 Å². The number of halogens is 2. The van der Waals surface area contributed by atoms with Gasteiger partial charge in [-0.05, 0) is 42.5 Å². The van der Waals surface area contributed by atoms with Crippen LogP contribution in [0.5, 0.6) is 0 Å². The zero-order valence-corrected chi connectivity index (χ0v) is 15.0. The average molecular weight is 385 g/mol. The average Bonchev–Trinajstić information content (AvgIpc) is 2.66. The van der Waals surface area contributed by atoms with Crippen molar-refractivity contribution in [1.29, 1.82) is 0 Å². The number of rotatable bonds is 4. The molecular weight excluding hydrogens is 371 g/mol. The van der Waals surface area contributed by atoms with Gasteiger partial charge in [-0.2, -0.15) is 0 Å². The maximum atomic E-state index is 12.5. The van der Waals surface area contributed by atoms with Crippen molar-refractivity contribution in [3.05, 3.63) is 94.0 Å². The van der Waals surface area contributed by atoms with Gasteiger partial charge >= 0.3 is 0 Å². The minimum atomic E-state index is -0.357. The number of anilines is 2. The molecule has 0 bridgehead atoms. The third-order valence-corrected chi connectivity index (χ3v) is 4.44. The molecule has 0 saturated carbocycles. The fourth-order valence-corrected chi connectivity index (χ4v) is 2.67. The molecule has 0 atom stereocenters. The molecule has 0 fully saturated rings. The standard InChI is InChI=1S/C20H14Cl2N2O2/c21-16-10-5-11-17(18(16)22)24-20(26)14-8-4-9-15(12-14)23-19(25)13-6-2-1-3-7-13/h1-12H,(H,23,25)(H,24,26). The largest absolute Gasteiger partial charge is 0.322 e. The Bertz CT molecular complexity index is 959. The third kappa shape index (κ3) is 4.23. The molecular formula is C20H14Cl2N2O2. The molecule has 4 nitrogen and oxygen atoms in total. The number of amides is 2. The van der Waals surface area contributed by atoms with Gasteiger partial charge in [0.05, 0.1) is 15.7 Å². The zero-order valence-electron chi connectivity index (χ0n) is 13.5. The number of hydrogen-bond donors (Lipinski definition) is 2. The smallest absolute Gasteiger partial charge is 0.255 e. The van der Waals surface area contributed by atoms with Gasteiger partial charge in [-0.25, -0.2) is 0 Å². The van der Waals surface area contributed by atoms with Gasteiger partial charge in [-0.1, -0.05) is 53.5 Å². The van der Waals surface area contributed by atoms with E-state index in [1.54, 1.807) is 66.7 Å². The quantitative estimate of drug-likeness (QED) is 0.623. The second-order valence-corrected chi connectivity index (χ2v) is 6.24. The lowest BCUT2D eigenvalue weighted by Crippen LogP contribution is -2.14. The van der Waals surface area contributed by atoms with Gasteiger partial charge in [0.15, 0.2) is 0 Å². The molecule has 3 aromatic rings. The Morgan fingerprint density at radius 2 is 1.35 bits per heavy atom. The van der Waals surface area contributed by atoms with Gasteiger partial charge in [0.1, 0.15) is 0 Å². The van der Waals surface area contributed by atoms with Crippen LogP contribution < -0.4 is 10.6 Å². The van der Waals surface area contributed by atoms with E-state index < -0.39 is 0 Å². The summed E-state index contributed by atoms with van der Waals surface area (Å²) in [6.07, 6.45) is 0. The highest BCUT2D eigenvalue weighted by Gasteiger charge is 2.12. The molecule has 0 aliphatic heterocycles. The normalized spacial score (nSPS) is 10.2. The molecule has 0 aromatic heterocycles. The summed E-state index contributed by atoms with van der Waals surface area (Å²) in [6, 6.07) is 20.5. The topological polar surface area (TPSA) is 58.2 Å². The Morgan fingerprint density at radius 1 is 0.692 bits per heavy atom. The van der Waals surface area contributed by atoms with Gasteiger partial charge in [-0.15, -0.1) is 0 Å². The first-order valence-corrected chi connectivity index (χ1v) is 8.52. The Morgan fingerprint density at radius 3 is 2.12 bits per heavy atom. The molecule has 0 radical (unpaired) electrons. The van der Waals surface area contributed by atoms with Crippen LogP contribution in [-0.2, 0) is 0 Å². The number of nitrogens with one attached hydrogen (secondary N) is 2. The second-order valence-electron chi connectivity index (χ2n) is 5.46. The van der Waals surface area contributed by atoms with E-state index in [0.717, 1.165) is 0 Å². The highest BCUT2D eigenvalue weighted by molar-refractivity contribution is 6.44. The van der Waals surface area contributed by atoms with Crippen LogP contribution in [0.15, 0.2) is 72.8 Å². The third-order valence-electron chi connectivity index (χ3n) is 3.62. The Kier molecular flexibility index (Phi) is 5.56. The van der Waals surface area contributed by atoms with Crippen LogP contribution >= 0.6 is 23.2 Å². The van der Waals surface area contributed by atoms with E-state index in [2.05, 4.69) is 10.6 Å². The molecule has 3 rings (SSSR count). The highest BCUT2D eigenvalue weighted by Crippen LogP contribution is 2.29. The van der Waals surface area contributed by atoms with Crippen molar-refractivity contribution in [3.63, 3.8) is 0 Å². The maximum Gasteiger partial charge on any atom is 0.255 e. The maximum absolute atomic E-state index is 12.5. The zero-order chi connectivity index (χ0) is 18.5. The fraction of sp³-hybridized carbons (Fsp3) is 0. The number of carbonyl (C=O) groups is 2. The van der Waals surface area contributed by atoms with E-state index in [1.165, 1.54) is 0 Å². The summed E-state index contributed by atoms with van der Waals surface area (Å²) >= 11 is 12.0. The number of benzene rings is 3. The van der Waals surface area contributed by atoms with Crippen molar-refractivity contribution < 1.29 is 9.59 Å². The summed E-state index contributed by atoms with van der Waals surface area (Å²) in [6.45, 7) is 0. The molecule has 3 aromatic carbocycles. The van der Waals surface area contributed by atoms with Crippen molar-refractivity contribution in [1.82, 2.24) is 0 Å². The van der Waals surface area contributed by atoms with Crippen molar-refractivity contribution >= 4 is 46.4 Å². The van der Waals surface area contributed by atoms with Crippen molar-refractivity contribution in [2.45, 2.75) is 0 Å². The van der Waals surface area contributed by atoms with Gasteiger partial charge < -0.3 is 10.6 Å². The molecule has 130 valence electrons. The fourth-order valence-electron chi connectivity index (χ4n) is 2.33. The van der Waals surface area contributed by atoms with Crippen LogP contribution in [-0.4, -0.2) is 11.8 Å².